The highest BCUT2D eigenvalue weighted by atomic mass is 16.2. The van der Waals surface area contributed by atoms with E-state index >= 15 is 0 Å². The smallest absolute Gasteiger partial charge is 0.224 e. The van der Waals surface area contributed by atoms with E-state index < -0.39 is 6.04 Å². The van der Waals surface area contributed by atoms with Crippen molar-refractivity contribution in [2.45, 2.75) is 39.7 Å². The first kappa shape index (κ1) is 17.4. The number of amides is 1. The van der Waals surface area contributed by atoms with E-state index in [1.807, 2.05) is 12.1 Å². The number of Topliss-reactive ketones (excluding diaryl/α,β-unsaturated/α-hetero) is 1. The highest BCUT2D eigenvalue weighted by Gasteiger charge is 2.42. The summed E-state index contributed by atoms with van der Waals surface area (Å²) in [5, 5.41) is 3.41. The van der Waals surface area contributed by atoms with Crippen molar-refractivity contribution in [2.75, 3.05) is 10.2 Å². The Balaban J connectivity index is 2.01. The van der Waals surface area contributed by atoms with Crippen molar-refractivity contribution in [3.05, 3.63) is 59.8 Å². The molecule has 3 heterocycles. The number of nitrogens with one attached hydrogen (secondary N) is 1. The molecule has 4 rings (SSSR count). The fourth-order valence-corrected chi connectivity index (χ4v) is 4.09. The number of carbonyl (C=O) groups excluding carboxylic acids is 2. The van der Waals surface area contributed by atoms with Crippen LogP contribution in [0.3, 0.4) is 0 Å². The molecule has 0 fully saturated rings. The molecule has 2 aromatic rings. The third-order valence-corrected chi connectivity index (χ3v) is 5.13. The summed E-state index contributed by atoms with van der Waals surface area (Å²) in [4.78, 5) is 36.1. The van der Waals surface area contributed by atoms with Gasteiger partial charge in [-0.25, -0.2) is 0 Å². The van der Waals surface area contributed by atoms with E-state index in [0.717, 1.165) is 23.4 Å². The van der Waals surface area contributed by atoms with Gasteiger partial charge in [-0.15, -0.1) is 0 Å². The number of hydrogen-bond acceptors (Lipinski definition) is 5. The minimum absolute atomic E-state index is 0.0645. The largest absolute Gasteiger partial charge is 0.356 e. The van der Waals surface area contributed by atoms with Crippen LogP contribution in [0.25, 0.3) is 0 Å². The fourth-order valence-electron chi connectivity index (χ4n) is 4.09. The Morgan fingerprint density at radius 1 is 1.19 bits per heavy atom. The summed E-state index contributed by atoms with van der Waals surface area (Å²) in [5.41, 5.74) is 3.64. The van der Waals surface area contributed by atoms with Gasteiger partial charge in [0, 0.05) is 43.2 Å². The first-order valence-corrected chi connectivity index (χ1v) is 9.04. The molecule has 1 unspecified atom stereocenters. The Hall–Kier alpha value is -3.02. The average molecular weight is 362 g/mol. The van der Waals surface area contributed by atoms with E-state index in [1.54, 1.807) is 35.8 Å². The van der Waals surface area contributed by atoms with Crippen molar-refractivity contribution in [3.63, 3.8) is 0 Å². The maximum atomic E-state index is 13.2. The molecule has 0 bridgehead atoms. The number of pyridine rings is 2. The summed E-state index contributed by atoms with van der Waals surface area (Å²) in [7, 11) is 0. The summed E-state index contributed by atoms with van der Waals surface area (Å²) < 4.78 is 0. The summed E-state index contributed by atoms with van der Waals surface area (Å²) >= 11 is 0. The maximum absolute atomic E-state index is 13.2. The quantitative estimate of drug-likeness (QED) is 0.838. The Bertz CT molecular complexity index is 950. The van der Waals surface area contributed by atoms with Gasteiger partial charge in [-0.05, 0) is 29.5 Å². The predicted molar refractivity (Wildman–Crippen MR) is 103 cm³/mol. The van der Waals surface area contributed by atoms with Crippen molar-refractivity contribution in [2.24, 2.45) is 5.41 Å². The molecule has 2 aliphatic rings. The van der Waals surface area contributed by atoms with Crippen LogP contribution in [0.4, 0.5) is 11.4 Å². The number of aromatic nitrogens is 2. The second-order valence-electron chi connectivity index (χ2n) is 7.93. The molecule has 138 valence electrons. The minimum atomic E-state index is -0.508. The van der Waals surface area contributed by atoms with Crippen LogP contribution in [0, 0.1) is 5.41 Å². The molecule has 6 nitrogen and oxygen atoms in total. The van der Waals surface area contributed by atoms with Crippen molar-refractivity contribution in [1.82, 2.24) is 9.97 Å². The van der Waals surface area contributed by atoms with Crippen molar-refractivity contribution in [3.8, 4) is 0 Å². The number of hydrogen-bond donors (Lipinski definition) is 1. The van der Waals surface area contributed by atoms with Crippen LogP contribution in [0.15, 0.2) is 54.3 Å². The summed E-state index contributed by atoms with van der Waals surface area (Å²) in [6, 6.07) is 5.04. The fraction of sp³-hybridized carbons (Fsp3) is 0.333. The Kier molecular flexibility index (Phi) is 4.06. The van der Waals surface area contributed by atoms with Crippen LogP contribution in [0.1, 0.15) is 45.2 Å². The summed E-state index contributed by atoms with van der Waals surface area (Å²) in [6.45, 7) is 5.71. The van der Waals surface area contributed by atoms with Crippen LogP contribution in [0.5, 0.6) is 0 Å². The van der Waals surface area contributed by atoms with Crippen LogP contribution < -0.4 is 10.2 Å². The van der Waals surface area contributed by atoms with E-state index in [9.17, 15) is 9.59 Å². The van der Waals surface area contributed by atoms with Gasteiger partial charge in [0.15, 0.2) is 5.78 Å². The molecule has 0 radical (unpaired) electrons. The lowest BCUT2D eigenvalue weighted by atomic mass is 9.73. The Morgan fingerprint density at radius 3 is 2.67 bits per heavy atom. The van der Waals surface area contributed by atoms with Crippen LogP contribution in [-0.2, 0) is 9.59 Å². The van der Waals surface area contributed by atoms with Gasteiger partial charge in [-0.2, -0.15) is 0 Å². The monoisotopic (exact) mass is 362 g/mol. The second-order valence-corrected chi connectivity index (χ2v) is 7.93. The maximum Gasteiger partial charge on any atom is 0.224 e. The van der Waals surface area contributed by atoms with E-state index in [4.69, 9.17) is 0 Å². The molecule has 0 saturated heterocycles. The molecule has 1 amide bonds. The Morgan fingerprint density at radius 2 is 1.96 bits per heavy atom. The second kappa shape index (κ2) is 6.30. The van der Waals surface area contributed by atoms with Crippen LogP contribution in [0.2, 0.25) is 0 Å². The topological polar surface area (TPSA) is 75.2 Å². The number of ketones is 1. The lowest BCUT2D eigenvalue weighted by Gasteiger charge is -2.36. The molecule has 6 heteroatoms. The van der Waals surface area contributed by atoms with Gasteiger partial charge in [0.1, 0.15) is 0 Å². The molecular formula is C21H22N4O2. The normalized spacial score (nSPS) is 21.1. The van der Waals surface area contributed by atoms with Gasteiger partial charge in [0.25, 0.3) is 0 Å². The molecule has 1 aliphatic carbocycles. The van der Waals surface area contributed by atoms with Gasteiger partial charge in [0.05, 0.1) is 23.6 Å². The van der Waals surface area contributed by atoms with E-state index in [2.05, 4.69) is 29.1 Å². The number of allylic oxidation sites excluding steroid dienone is 1. The molecule has 0 spiro atoms. The molecule has 2 aromatic heterocycles. The Labute approximate surface area is 158 Å². The van der Waals surface area contributed by atoms with Crippen LogP contribution >= 0.6 is 0 Å². The SMILES string of the molecule is CC(=O)N1c2ccncc2NC2=C(C(=O)CC(C)(C)C2)C1c1cccnc1. The van der Waals surface area contributed by atoms with Crippen LogP contribution in [-0.4, -0.2) is 21.7 Å². The lowest BCUT2D eigenvalue weighted by Crippen LogP contribution is -2.38. The highest BCUT2D eigenvalue weighted by molar-refractivity contribution is 6.05. The van der Waals surface area contributed by atoms with Crippen molar-refractivity contribution < 1.29 is 9.59 Å². The number of carbonyl (C=O) groups is 2. The first-order chi connectivity index (χ1) is 12.9. The van der Waals surface area contributed by atoms with Gasteiger partial charge in [-0.1, -0.05) is 19.9 Å². The number of rotatable bonds is 1. The van der Waals surface area contributed by atoms with Gasteiger partial charge in [0.2, 0.25) is 5.91 Å². The zero-order chi connectivity index (χ0) is 19.2. The zero-order valence-electron chi connectivity index (χ0n) is 15.7. The molecule has 0 saturated carbocycles. The highest BCUT2D eigenvalue weighted by Crippen LogP contribution is 2.47. The number of fused-ring (bicyclic) bond motifs is 1. The molecule has 27 heavy (non-hydrogen) atoms. The number of nitrogens with zero attached hydrogens (tertiary/aromatic N) is 3. The van der Waals surface area contributed by atoms with Gasteiger partial charge in [-0.3, -0.25) is 24.5 Å². The standard InChI is InChI=1S/C21H22N4O2/c1-13(26)25-17-6-8-23-12-16(17)24-15-9-21(2,3)10-18(27)19(15)20(25)14-5-4-7-22-11-14/h4-8,11-12,20,24H,9-10H2,1-3H3. The average Bonchev–Trinajstić information content (AvgIpc) is 2.75. The third kappa shape index (κ3) is 3.01. The molecule has 1 N–H and O–H groups in total. The molecule has 0 aromatic carbocycles. The third-order valence-electron chi connectivity index (χ3n) is 5.13. The number of anilines is 2. The zero-order valence-corrected chi connectivity index (χ0v) is 15.7. The molecule has 1 atom stereocenters. The van der Waals surface area contributed by atoms with E-state index in [0.29, 0.717) is 17.7 Å². The summed E-state index contributed by atoms with van der Waals surface area (Å²) in [5.74, 6) is -0.0703. The summed E-state index contributed by atoms with van der Waals surface area (Å²) in [6.07, 6.45) is 7.95. The lowest BCUT2D eigenvalue weighted by molar-refractivity contribution is -0.118. The van der Waals surface area contributed by atoms with Crippen molar-refractivity contribution in [1.29, 1.82) is 0 Å². The van der Waals surface area contributed by atoms with Gasteiger partial charge < -0.3 is 5.32 Å². The molecular weight excluding hydrogens is 340 g/mol. The van der Waals surface area contributed by atoms with E-state index in [-0.39, 0.29) is 17.1 Å². The van der Waals surface area contributed by atoms with E-state index in [1.165, 1.54) is 6.92 Å². The van der Waals surface area contributed by atoms with Gasteiger partial charge >= 0.3 is 0 Å². The predicted octanol–water partition coefficient (Wildman–Crippen LogP) is 3.64. The van der Waals surface area contributed by atoms with Crippen molar-refractivity contribution >= 4 is 23.1 Å². The minimum Gasteiger partial charge on any atom is -0.356 e. The first-order valence-electron chi connectivity index (χ1n) is 9.04. The molecule has 1 aliphatic heterocycles.